The Balaban J connectivity index is 0.951. The highest BCUT2D eigenvalue weighted by Gasteiger charge is 2.38. The van der Waals surface area contributed by atoms with Gasteiger partial charge in [-0.15, -0.1) is 0 Å². The number of hydrogen-bond donors (Lipinski definition) is 0. The van der Waals surface area contributed by atoms with Gasteiger partial charge in [0, 0.05) is 99.1 Å². The standard InChI is InChI=1S/C43H42N8O4/c1-28-24-34(10-12-35(28)42(54)50(27-52)39-14-15-40(53)47(3)43(39)55)49-22-20-48(21-23-49)32-6-8-33(9-7-32)51-26-37(41(46-51)29-16-18-45-19-17-29)31-4-11-36-30(25-31)5-13-38(36)44-2/h4,6-12,16-19,24-27,39H,5,13-15,20-23H2,1-3H3/b44-38+. The molecule has 8 rings (SSSR count). The number of pyridine rings is 1. The second-order valence-electron chi connectivity index (χ2n) is 14.3. The Morgan fingerprint density at radius 3 is 2.20 bits per heavy atom. The number of piperidine rings is 1. The van der Waals surface area contributed by atoms with Crippen molar-refractivity contribution in [2.45, 2.75) is 38.6 Å². The lowest BCUT2D eigenvalue weighted by molar-refractivity contribution is -0.151. The van der Waals surface area contributed by atoms with Crippen LogP contribution in [0.3, 0.4) is 0 Å². The number of imide groups is 2. The molecule has 0 N–H and O–H groups in total. The lowest BCUT2D eigenvalue weighted by Crippen LogP contribution is -2.54. The van der Waals surface area contributed by atoms with Crippen molar-refractivity contribution >= 4 is 41.2 Å². The molecule has 55 heavy (non-hydrogen) atoms. The van der Waals surface area contributed by atoms with Crippen molar-refractivity contribution < 1.29 is 19.2 Å². The summed E-state index contributed by atoms with van der Waals surface area (Å²) in [6.07, 6.45) is 8.30. The first-order chi connectivity index (χ1) is 26.7. The van der Waals surface area contributed by atoms with Crippen molar-refractivity contribution in [2.75, 3.05) is 50.1 Å². The summed E-state index contributed by atoms with van der Waals surface area (Å²) in [7, 11) is 3.24. The van der Waals surface area contributed by atoms with E-state index in [4.69, 9.17) is 5.10 Å². The summed E-state index contributed by atoms with van der Waals surface area (Å²) in [5.41, 5.74) is 12.0. The number of fused-ring (bicyclic) bond motifs is 1. The number of aliphatic imine (C=N–C) groups is 1. The molecule has 2 aliphatic heterocycles. The van der Waals surface area contributed by atoms with Crippen LogP contribution in [0.4, 0.5) is 11.4 Å². The zero-order valence-electron chi connectivity index (χ0n) is 31.2. The maximum absolute atomic E-state index is 13.4. The third-order valence-corrected chi connectivity index (χ3v) is 11.2. The molecular weight excluding hydrogens is 693 g/mol. The Kier molecular flexibility index (Phi) is 9.56. The number of aromatic nitrogens is 3. The van der Waals surface area contributed by atoms with E-state index < -0.39 is 17.9 Å². The molecule has 4 amide bonds. The molecule has 2 fully saturated rings. The molecule has 2 saturated heterocycles. The molecule has 0 saturated carbocycles. The molecule has 12 nitrogen and oxygen atoms in total. The number of benzene rings is 3. The molecular formula is C43H42N8O4. The number of amides is 4. The van der Waals surface area contributed by atoms with E-state index in [-0.39, 0.29) is 18.7 Å². The fourth-order valence-corrected chi connectivity index (χ4v) is 7.99. The fraction of sp³-hybridized carbons (Fsp3) is 0.279. The summed E-state index contributed by atoms with van der Waals surface area (Å²) in [5.74, 6) is -1.40. The number of rotatable bonds is 8. The highest BCUT2D eigenvalue weighted by atomic mass is 16.2. The zero-order chi connectivity index (χ0) is 38.2. The molecule has 0 spiro atoms. The molecule has 5 aromatic rings. The minimum atomic E-state index is -0.990. The van der Waals surface area contributed by atoms with E-state index in [1.54, 1.807) is 18.5 Å². The quantitative estimate of drug-likeness (QED) is 0.155. The fourth-order valence-electron chi connectivity index (χ4n) is 7.99. The summed E-state index contributed by atoms with van der Waals surface area (Å²) in [4.78, 5) is 65.4. The highest BCUT2D eigenvalue weighted by Crippen LogP contribution is 2.35. The van der Waals surface area contributed by atoms with Gasteiger partial charge in [0.05, 0.1) is 5.69 Å². The maximum Gasteiger partial charge on any atom is 0.261 e. The van der Waals surface area contributed by atoms with Crippen LogP contribution in [0.5, 0.6) is 0 Å². The number of carbonyl (C=O) groups is 4. The number of aryl methyl sites for hydroxylation is 2. The molecule has 1 unspecified atom stereocenters. The Hall–Kier alpha value is -6.43. The molecule has 1 atom stereocenters. The van der Waals surface area contributed by atoms with Crippen LogP contribution in [-0.2, 0) is 20.8 Å². The van der Waals surface area contributed by atoms with Crippen molar-refractivity contribution in [3.63, 3.8) is 0 Å². The van der Waals surface area contributed by atoms with Gasteiger partial charge in [0.2, 0.25) is 12.3 Å². The Labute approximate surface area is 319 Å². The number of hydrogen-bond acceptors (Lipinski definition) is 9. The van der Waals surface area contributed by atoms with Gasteiger partial charge >= 0.3 is 0 Å². The van der Waals surface area contributed by atoms with Crippen molar-refractivity contribution in [3.8, 4) is 28.1 Å². The van der Waals surface area contributed by atoms with Crippen LogP contribution in [0, 0.1) is 6.92 Å². The van der Waals surface area contributed by atoms with Crippen LogP contribution < -0.4 is 9.80 Å². The van der Waals surface area contributed by atoms with E-state index in [1.165, 1.54) is 23.9 Å². The summed E-state index contributed by atoms with van der Waals surface area (Å²) < 4.78 is 1.95. The maximum atomic E-state index is 13.4. The molecule has 0 radical (unpaired) electrons. The van der Waals surface area contributed by atoms with Gasteiger partial charge in [-0.3, -0.25) is 39.0 Å². The van der Waals surface area contributed by atoms with E-state index >= 15 is 0 Å². The summed E-state index contributed by atoms with van der Waals surface area (Å²) in [6, 6.07) is 23.7. The third kappa shape index (κ3) is 6.68. The molecule has 278 valence electrons. The lowest BCUT2D eigenvalue weighted by Gasteiger charge is -2.37. The molecule has 0 bridgehead atoms. The van der Waals surface area contributed by atoms with Gasteiger partial charge in [-0.25, -0.2) is 4.68 Å². The van der Waals surface area contributed by atoms with Crippen LogP contribution in [0.2, 0.25) is 0 Å². The SMILES string of the molecule is C/N=C1\CCc2cc(-c3cn(-c4ccc(N5CCN(c6ccc(C(=O)N(C=O)C7CCC(=O)N(C)C7=O)c(C)c6)CC5)cc4)nc3-c3ccncc3)ccc21. The minimum Gasteiger partial charge on any atom is -0.368 e. The van der Waals surface area contributed by atoms with Crippen LogP contribution >= 0.6 is 0 Å². The van der Waals surface area contributed by atoms with E-state index in [9.17, 15) is 19.2 Å². The van der Waals surface area contributed by atoms with Gasteiger partial charge < -0.3 is 9.80 Å². The van der Waals surface area contributed by atoms with Gasteiger partial charge in [0.25, 0.3) is 11.8 Å². The molecule has 3 aliphatic rings. The van der Waals surface area contributed by atoms with Crippen LogP contribution in [0.15, 0.2) is 96.4 Å². The second kappa shape index (κ2) is 14.8. The second-order valence-corrected chi connectivity index (χ2v) is 14.3. The largest absolute Gasteiger partial charge is 0.368 e. The Bertz CT molecular complexity index is 2330. The van der Waals surface area contributed by atoms with Gasteiger partial charge in [0.15, 0.2) is 0 Å². The van der Waals surface area contributed by atoms with Gasteiger partial charge in [0.1, 0.15) is 11.7 Å². The number of piperazine rings is 1. The van der Waals surface area contributed by atoms with E-state index in [2.05, 4.69) is 68.4 Å². The molecule has 1 aliphatic carbocycles. The summed E-state index contributed by atoms with van der Waals surface area (Å²) in [5, 5.41) is 5.08. The van der Waals surface area contributed by atoms with Gasteiger partial charge in [-0.2, -0.15) is 5.10 Å². The number of anilines is 2. The average molecular weight is 735 g/mol. The van der Waals surface area contributed by atoms with Crippen molar-refractivity contribution in [3.05, 3.63) is 114 Å². The average Bonchev–Trinajstić information content (AvgIpc) is 3.86. The Morgan fingerprint density at radius 2 is 1.51 bits per heavy atom. The van der Waals surface area contributed by atoms with Gasteiger partial charge in [-0.1, -0.05) is 18.2 Å². The summed E-state index contributed by atoms with van der Waals surface area (Å²) in [6.45, 7) is 5.04. The van der Waals surface area contributed by atoms with Crippen molar-refractivity contribution in [1.82, 2.24) is 24.6 Å². The third-order valence-electron chi connectivity index (χ3n) is 11.2. The van der Waals surface area contributed by atoms with Crippen LogP contribution in [0.1, 0.15) is 46.3 Å². The molecule has 3 aromatic carbocycles. The zero-order valence-corrected chi connectivity index (χ0v) is 31.2. The Morgan fingerprint density at radius 1 is 0.818 bits per heavy atom. The monoisotopic (exact) mass is 734 g/mol. The summed E-state index contributed by atoms with van der Waals surface area (Å²) >= 11 is 0. The normalized spacial score (nSPS) is 17.8. The van der Waals surface area contributed by atoms with Crippen molar-refractivity contribution in [2.24, 2.45) is 4.99 Å². The van der Waals surface area contributed by atoms with Crippen LogP contribution in [-0.4, -0.2) is 101 Å². The first kappa shape index (κ1) is 35.6. The highest BCUT2D eigenvalue weighted by molar-refractivity contribution is 6.08. The molecule has 12 heteroatoms. The lowest BCUT2D eigenvalue weighted by atomic mass is 9.98. The first-order valence-electron chi connectivity index (χ1n) is 18.6. The predicted octanol–water partition coefficient (Wildman–Crippen LogP) is 5.35. The van der Waals surface area contributed by atoms with E-state index in [0.29, 0.717) is 17.5 Å². The van der Waals surface area contributed by atoms with Crippen molar-refractivity contribution in [1.29, 1.82) is 0 Å². The molecule has 4 heterocycles. The van der Waals surface area contributed by atoms with E-state index in [0.717, 1.165) is 88.3 Å². The number of likely N-dealkylation sites (tertiary alicyclic amines) is 1. The predicted molar refractivity (Wildman–Crippen MR) is 212 cm³/mol. The number of carbonyl (C=O) groups excluding carboxylic acids is 4. The van der Waals surface area contributed by atoms with Gasteiger partial charge in [-0.05, 0) is 103 Å². The van der Waals surface area contributed by atoms with Crippen LogP contribution in [0.25, 0.3) is 28.1 Å². The topological polar surface area (TPSA) is 124 Å². The number of nitrogens with zero attached hydrogens (tertiary/aromatic N) is 8. The smallest absolute Gasteiger partial charge is 0.261 e. The number of likely N-dealkylation sites (N-methyl/N-ethyl adjacent to an activating group) is 1. The van der Waals surface area contributed by atoms with E-state index in [1.807, 2.05) is 42.9 Å². The minimum absolute atomic E-state index is 0.102. The first-order valence-corrected chi connectivity index (χ1v) is 18.6. The molecule has 2 aromatic heterocycles.